The van der Waals surface area contributed by atoms with Crippen LogP contribution in [0.25, 0.3) is 5.70 Å². The highest BCUT2D eigenvalue weighted by Crippen LogP contribution is 2.40. The number of nitro groups is 1. The molecule has 1 aliphatic heterocycles. The summed E-state index contributed by atoms with van der Waals surface area (Å²) in [5, 5.41) is 18.0. The molecule has 2 aromatic carbocycles. The largest absolute Gasteiger partial charge is 0.497 e. The van der Waals surface area contributed by atoms with Gasteiger partial charge in [0, 0.05) is 23.4 Å². The monoisotopic (exact) mass is 367 g/mol. The standard InChI is InChI=1S/C19H17N3O3S/c1-25-14-8-4-11-5-9-15-17(12-2-6-13(7-3-12)22(23)24)20-19(26)21-18(15)16(11)10-14/h2-4,6-8,10,17H,5,9H2,1H3,(H2,20,21,26). The number of non-ortho nitro benzene ring substituents is 1. The molecular formula is C19H17N3O3S. The third kappa shape index (κ3) is 2.80. The normalized spacial score (nSPS) is 18.3. The van der Waals surface area contributed by atoms with E-state index in [2.05, 4.69) is 16.7 Å². The van der Waals surface area contributed by atoms with Gasteiger partial charge in [0.25, 0.3) is 5.69 Å². The molecule has 0 spiro atoms. The van der Waals surface area contributed by atoms with Crippen LogP contribution in [0.5, 0.6) is 5.75 Å². The summed E-state index contributed by atoms with van der Waals surface area (Å²) < 4.78 is 5.37. The maximum absolute atomic E-state index is 10.9. The highest BCUT2D eigenvalue weighted by Gasteiger charge is 2.31. The number of hydrogen-bond donors (Lipinski definition) is 2. The Labute approximate surface area is 156 Å². The lowest BCUT2D eigenvalue weighted by atomic mass is 9.83. The van der Waals surface area contributed by atoms with Crippen molar-refractivity contribution in [3.63, 3.8) is 0 Å². The molecule has 26 heavy (non-hydrogen) atoms. The van der Waals surface area contributed by atoms with Crippen LogP contribution in [0.1, 0.15) is 29.2 Å². The number of benzene rings is 2. The molecule has 6 nitrogen and oxygen atoms in total. The summed E-state index contributed by atoms with van der Waals surface area (Å²) in [7, 11) is 1.65. The van der Waals surface area contributed by atoms with E-state index in [9.17, 15) is 10.1 Å². The van der Waals surface area contributed by atoms with Gasteiger partial charge in [-0.05, 0) is 66.0 Å². The van der Waals surface area contributed by atoms with Crippen LogP contribution in [0.2, 0.25) is 0 Å². The lowest BCUT2D eigenvalue weighted by Crippen LogP contribution is -2.44. The van der Waals surface area contributed by atoms with Gasteiger partial charge in [0.2, 0.25) is 0 Å². The summed E-state index contributed by atoms with van der Waals surface area (Å²) >= 11 is 5.41. The van der Waals surface area contributed by atoms with Crippen molar-refractivity contribution in [3.05, 3.63) is 74.8 Å². The first-order chi connectivity index (χ1) is 12.6. The van der Waals surface area contributed by atoms with Gasteiger partial charge < -0.3 is 15.4 Å². The zero-order valence-electron chi connectivity index (χ0n) is 14.1. The van der Waals surface area contributed by atoms with Gasteiger partial charge in [-0.2, -0.15) is 0 Å². The first-order valence-electron chi connectivity index (χ1n) is 8.29. The predicted octanol–water partition coefficient (Wildman–Crippen LogP) is 3.48. The van der Waals surface area contributed by atoms with Crippen molar-refractivity contribution in [3.8, 4) is 5.75 Å². The lowest BCUT2D eigenvalue weighted by Gasteiger charge is -2.35. The molecule has 2 aromatic rings. The maximum Gasteiger partial charge on any atom is 0.269 e. The molecule has 7 heteroatoms. The molecule has 2 N–H and O–H groups in total. The molecule has 0 aromatic heterocycles. The van der Waals surface area contributed by atoms with Crippen molar-refractivity contribution in [2.24, 2.45) is 0 Å². The second-order valence-electron chi connectivity index (χ2n) is 6.30. The lowest BCUT2D eigenvalue weighted by molar-refractivity contribution is -0.384. The maximum atomic E-state index is 10.9. The van der Waals surface area contributed by atoms with Gasteiger partial charge in [-0.25, -0.2) is 0 Å². The Kier molecular flexibility index (Phi) is 4.08. The SMILES string of the molecule is COc1ccc2c(c1)C1=C(CC2)C(c2ccc([N+](=O)[O-])cc2)NC(=S)N1. The Hall–Kier alpha value is -2.93. The van der Waals surface area contributed by atoms with Gasteiger partial charge in [-0.3, -0.25) is 10.1 Å². The first kappa shape index (κ1) is 16.5. The van der Waals surface area contributed by atoms with E-state index >= 15 is 0 Å². The van der Waals surface area contributed by atoms with Crippen molar-refractivity contribution in [2.45, 2.75) is 18.9 Å². The van der Waals surface area contributed by atoms with Crippen LogP contribution >= 0.6 is 12.2 Å². The number of nitro benzene ring substituents is 1. The van der Waals surface area contributed by atoms with Gasteiger partial charge in [-0.1, -0.05) is 6.07 Å². The van der Waals surface area contributed by atoms with Crippen molar-refractivity contribution >= 4 is 28.7 Å². The summed E-state index contributed by atoms with van der Waals surface area (Å²) in [6.07, 6.45) is 1.82. The smallest absolute Gasteiger partial charge is 0.269 e. The van der Waals surface area contributed by atoms with Crippen LogP contribution in [0, 0.1) is 10.1 Å². The average molecular weight is 367 g/mol. The predicted molar refractivity (Wildman–Crippen MR) is 103 cm³/mol. The third-order valence-corrected chi connectivity index (χ3v) is 5.09. The highest BCUT2D eigenvalue weighted by molar-refractivity contribution is 7.80. The fraction of sp³-hybridized carbons (Fsp3) is 0.211. The van der Waals surface area contributed by atoms with Crippen molar-refractivity contribution in [1.29, 1.82) is 0 Å². The minimum Gasteiger partial charge on any atom is -0.497 e. The van der Waals surface area contributed by atoms with E-state index < -0.39 is 4.92 Å². The zero-order chi connectivity index (χ0) is 18.3. The second-order valence-corrected chi connectivity index (χ2v) is 6.71. The molecule has 0 bridgehead atoms. The van der Waals surface area contributed by atoms with Crippen LogP contribution in [-0.2, 0) is 6.42 Å². The van der Waals surface area contributed by atoms with Crippen LogP contribution < -0.4 is 15.4 Å². The van der Waals surface area contributed by atoms with Crippen LogP contribution in [0.15, 0.2) is 48.0 Å². The van der Waals surface area contributed by atoms with Crippen molar-refractivity contribution < 1.29 is 9.66 Å². The molecular weight excluding hydrogens is 350 g/mol. The summed E-state index contributed by atoms with van der Waals surface area (Å²) in [5.74, 6) is 0.802. The van der Waals surface area contributed by atoms with Crippen molar-refractivity contribution in [1.82, 2.24) is 10.6 Å². The highest BCUT2D eigenvalue weighted by atomic mass is 32.1. The number of hydrogen-bond acceptors (Lipinski definition) is 4. The fourth-order valence-corrected chi connectivity index (χ4v) is 3.80. The molecule has 1 heterocycles. The summed E-state index contributed by atoms with van der Waals surface area (Å²) in [5.41, 5.74) is 5.60. The molecule has 0 radical (unpaired) electrons. The Morgan fingerprint density at radius 3 is 2.65 bits per heavy atom. The summed E-state index contributed by atoms with van der Waals surface area (Å²) in [6, 6.07) is 12.6. The molecule has 1 unspecified atom stereocenters. The Bertz CT molecular complexity index is 938. The van der Waals surface area contributed by atoms with Gasteiger partial charge in [-0.15, -0.1) is 0 Å². The average Bonchev–Trinajstić information content (AvgIpc) is 2.66. The van der Waals surface area contributed by atoms with E-state index in [1.165, 1.54) is 23.3 Å². The van der Waals surface area contributed by atoms with Gasteiger partial charge in [0.1, 0.15) is 5.75 Å². The van der Waals surface area contributed by atoms with Crippen molar-refractivity contribution in [2.75, 3.05) is 7.11 Å². The van der Waals surface area contributed by atoms with E-state index in [0.717, 1.165) is 35.4 Å². The van der Waals surface area contributed by atoms with Gasteiger partial charge in [0.15, 0.2) is 5.11 Å². The number of ether oxygens (including phenoxy) is 1. The molecule has 0 fully saturated rings. The molecule has 132 valence electrons. The topological polar surface area (TPSA) is 76.4 Å². The number of thiocarbonyl (C=S) groups is 1. The van der Waals surface area contributed by atoms with E-state index in [1.807, 2.05) is 12.1 Å². The first-order valence-corrected chi connectivity index (χ1v) is 8.70. The molecule has 0 saturated heterocycles. The molecule has 2 aliphatic rings. The van der Waals surface area contributed by atoms with Gasteiger partial charge in [0.05, 0.1) is 18.1 Å². The molecule has 1 atom stereocenters. The molecule has 0 saturated carbocycles. The third-order valence-electron chi connectivity index (χ3n) is 4.87. The number of methoxy groups -OCH3 is 1. The molecule has 0 amide bonds. The number of nitrogens with zero attached hydrogens (tertiary/aromatic N) is 1. The van der Waals surface area contributed by atoms with Gasteiger partial charge >= 0.3 is 0 Å². The van der Waals surface area contributed by atoms with E-state index in [1.54, 1.807) is 19.2 Å². The van der Waals surface area contributed by atoms with Crippen LogP contribution in [0.4, 0.5) is 5.69 Å². The summed E-state index contributed by atoms with van der Waals surface area (Å²) in [6.45, 7) is 0. The Morgan fingerprint density at radius 1 is 1.19 bits per heavy atom. The molecule has 1 aliphatic carbocycles. The zero-order valence-corrected chi connectivity index (χ0v) is 14.9. The number of fused-ring (bicyclic) bond motifs is 2. The number of rotatable bonds is 3. The van der Waals surface area contributed by atoms with Crippen LogP contribution in [0.3, 0.4) is 0 Å². The molecule has 4 rings (SSSR count). The second kappa shape index (κ2) is 6.42. The fourth-order valence-electron chi connectivity index (χ4n) is 3.58. The van der Waals surface area contributed by atoms with E-state index in [4.69, 9.17) is 17.0 Å². The van der Waals surface area contributed by atoms with E-state index in [-0.39, 0.29) is 11.7 Å². The minimum atomic E-state index is -0.391. The Balaban J connectivity index is 1.79. The van der Waals surface area contributed by atoms with E-state index in [0.29, 0.717) is 5.11 Å². The quantitative estimate of drug-likeness (QED) is 0.491. The number of nitrogens with one attached hydrogen (secondary N) is 2. The summed E-state index contributed by atoms with van der Waals surface area (Å²) in [4.78, 5) is 10.5. The minimum absolute atomic E-state index is 0.0817. The van der Waals surface area contributed by atoms with Crippen LogP contribution in [-0.4, -0.2) is 17.1 Å². The number of aryl methyl sites for hydroxylation is 1. The Morgan fingerprint density at radius 2 is 1.96 bits per heavy atom.